The molecule has 0 amide bonds. The van der Waals surface area contributed by atoms with E-state index in [1.807, 2.05) is 17.8 Å². The van der Waals surface area contributed by atoms with Gasteiger partial charge in [-0.1, -0.05) is 37.6 Å². The van der Waals surface area contributed by atoms with E-state index in [0.29, 0.717) is 30.1 Å². The SMILES string of the molecule is CC1=CCC(C(C)C)C2CC(C=O)CC=CCC(OC(=O)C=Cc3cn(C)cn3)CC12. The summed E-state index contributed by atoms with van der Waals surface area (Å²) in [5.74, 6) is 1.63. The zero-order valence-electron chi connectivity index (χ0n) is 19.2. The average Bonchev–Trinajstić information content (AvgIpc) is 3.15. The molecule has 0 aromatic carbocycles. The van der Waals surface area contributed by atoms with E-state index in [1.54, 1.807) is 12.4 Å². The van der Waals surface area contributed by atoms with Gasteiger partial charge in [0, 0.05) is 31.7 Å². The lowest BCUT2D eigenvalue weighted by atomic mass is 9.63. The van der Waals surface area contributed by atoms with Crippen molar-refractivity contribution in [2.45, 2.75) is 59.0 Å². The highest BCUT2D eigenvalue weighted by Crippen LogP contribution is 2.45. The van der Waals surface area contributed by atoms with Gasteiger partial charge < -0.3 is 14.1 Å². The highest BCUT2D eigenvalue weighted by atomic mass is 16.5. The molecule has 0 fully saturated rings. The van der Waals surface area contributed by atoms with Crippen molar-refractivity contribution in [3.8, 4) is 0 Å². The number of nitrogens with zero attached hydrogens (tertiary/aromatic N) is 2. The predicted molar refractivity (Wildman–Crippen MR) is 123 cm³/mol. The summed E-state index contributed by atoms with van der Waals surface area (Å²) in [5, 5.41) is 0. The fourth-order valence-electron chi connectivity index (χ4n) is 5.18. The Hall–Kier alpha value is -2.43. The van der Waals surface area contributed by atoms with Gasteiger partial charge in [-0.2, -0.15) is 0 Å². The molecular weight excluding hydrogens is 388 g/mol. The van der Waals surface area contributed by atoms with Gasteiger partial charge in [0.1, 0.15) is 12.4 Å². The van der Waals surface area contributed by atoms with Crippen molar-refractivity contribution in [2.75, 3.05) is 0 Å². The molecule has 31 heavy (non-hydrogen) atoms. The molecular formula is C26H36N2O3. The first kappa shape index (κ1) is 23.2. The number of fused-ring (bicyclic) bond motifs is 1. The van der Waals surface area contributed by atoms with Crippen molar-refractivity contribution < 1.29 is 14.3 Å². The van der Waals surface area contributed by atoms with Gasteiger partial charge in [0.25, 0.3) is 0 Å². The van der Waals surface area contributed by atoms with Crippen LogP contribution >= 0.6 is 0 Å². The van der Waals surface area contributed by atoms with E-state index in [9.17, 15) is 9.59 Å². The van der Waals surface area contributed by atoms with E-state index in [-0.39, 0.29) is 18.0 Å². The molecule has 0 N–H and O–H groups in total. The van der Waals surface area contributed by atoms with Crippen LogP contribution in [0, 0.1) is 29.6 Å². The van der Waals surface area contributed by atoms with Crippen LogP contribution in [0.3, 0.4) is 0 Å². The number of carbonyl (C=O) groups is 2. The van der Waals surface area contributed by atoms with Crippen molar-refractivity contribution in [1.29, 1.82) is 0 Å². The van der Waals surface area contributed by atoms with Crippen LogP contribution in [0.2, 0.25) is 0 Å². The van der Waals surface area contributed by atoms with Gasteiger partial charge in [0.2, 0.25) is 0 Å². The zero-order valence-corrected chi connectivity index (χ0v) is 19.2. The number of ether oxygens (including phenoxy) is 1. The minimum absolute atomic E-state index is 0.0660. The lowest BCUT2D eigenvalue weighted by Crippen LogP contribution is -2.36. The molecule has 3 rings (SSSR count). The number of carbonyl (C=O) groups excluding carboxylic acids is 2. The maximum Gasteiger partial charge on any atom is 0.331 e. The first-order valence-electron chi connectivity index (χ1n) is 11.5. The lowest BCUT2D eigenvalue weighted by Gasteiger charge is -2.42. The number of rotatable bonds is 5. The summed E-state index contributed by atoms with van der Waals surface area (Å²) in [6.45, 7) is 6.77. The number of hydrogen-bond acceptors (Lipinski definition) is 4. The Kier molecular flexibility index (Phi) is 8.05. The van der Waals surface area contributed by atoms with Crippen molar-refractivity contribution in [2.24, 2.45) is 36.6 Å². The van der Waals surface area contributed by atoms with E-state index in [1.165, 1.54) is 11.6 Å². The normalized spacial score (nSPS) is 29.5. The van der Waals surface area contributed by atoms with E-state index in [4.69, 9.17) is 4.74 Å². The maximum absolute atomic E-state index is 12.5. The monoisotopic (exact) mass is 424 g/mol. The number of aryl methyl sites for hydroxylation is 1. The molecule has 0 bridgehead atoms. The fraction of sp³-hybridized carbons (Fsp3) is 0.577. The van der Waals surface area contributed by atoms with Crippen LogP contribution in [0.25, 0.3) is 6.08 Å². The second-order valence-corrected chi connectivity index (χ2v) is 9.53. The van der Waals surface area contributed by atoms with Crippen molar-refractivity contribution in [3.05, 3.63) is 48.1 Å². The van der Waals surface area contributed by atoms with Crippen LogP contribution in [-0.2, 0) is 21.4 Å². The quantitative estimate of drug-likeness (QED) is 0.284. The second kappa shape index (κ2) is 10.7. The number of allylic oxidation sites excluding steroid dienone is 3. The van der Waals surface area contributed by atoms with Gasteiger partial charge in [-0.3, -0.25) is 0 Å². The van der Waals surface area contributed by atoms with Gasteiger partial charge in [-0.05, 0) is 62.4 Å². The van der Waals surface area contributed by atoms with Crippen LogP contribution in [0.1, 0.15) is 58.6 Å². The molecule has 2 aliphatic rings. The Balaban J connectivity index is 1.78. The third-order valence-electron chi connectivity index (χ3n) is 6.91. The van der Waals surface area contributed by atoms with Crippen LogP contribution in [0.4, 0.5) is 0 Å². The third-order valence-corrected chi connectivity index (χ3v) is 6.91. The van der Waals surface area contributed by atoms with Crippen molar-refractivity contribution in [1.82, 2.24) is 9.55 Å². The number of aldehydes is 1. The number of esters is 1. The number of imidazole rings is 1. The zero-order chi connectivity index (χ0) is 22.4. The number of aromatic nitrogens is 2. The summed E-state index contributed by atoms with van der Waals surface area (Å²) in [6, 6.07) is 0. The highest BCUT2D eigenvalue weighted by Gasteiger charge is 2.38. The van der Waals surface area contributed by atoms with E-state index in [2.05, 4.69) is 44.0 Å². The molecule has 1 aromatic rings. The van der Waals surface area contributed by atoms with Gasteiger partial charge >= 0.3 is 5.97 Å². The van der Waals surface area contributed by atoms with E-state index in [0.717, 1.165) is 37.7 Å². The molecule has 1 heterocycles. The standard InChI is InChI=1S/C26H36N2O3/c1-18(2)23-11-9-19(3)24-14-22(8-6-5-7-20(16-29)13-25(23)24)31-26(30)12-10-21-15-28(4)17-27-21/h5-6,9-10,12,15-18,20,22-25H,7-8,11,13-14H2,1-4H3. The fourth-order valence-corrected chi connectivity index (χ4v) is 5.18. The molecule has 0 spiro atoms. The molecule has 5 unspecified atom stereocenters. The van der Waals surface area contributed by atoms with Crippen LogP contribution in [-0.4, -0.2) is 27.9 Å². The van der Waals surface area contributed by atoms with Gasteiger partial charge in [-0.25, -0.2) is 9.78 Å². The summed E-state index contributed by atoms with van der Waals surface area (Å²) in [5.41, 5.74) is 2.11. The summed E-state index contributed by atoms with van der Waals surface area (Å²) in [4.78, 5) is 28.5. The summed E-state index contributed by atoms with van der Waals surface area (Å²) < 4.78 is 7.73. The largest absolute Gasteiger partial charge is 0.459 e. The minimum Gasteiger partial charge on any atom is -0.459 e. The van der Waals surface area contributed by atoms with Crippen LogP contribution in [0.15, 0.2) is 42.4 Å². The van der Waals surface area contributed by atoms with Crippen LogP contribution in [0.5, 0.6) is 0 Å². The first-order valence-corrected chi connectivity index (χ1v) is 11.5. The highest BCUT2D eigenvalue weighted by molar-refractivity contribution is 5.86. The van der Waals surface area contributed by atoms with E-state index < -0.39 is 0 Å². The Labute approximate surface area is 186 Å². The summed E-state index contributed by atoms with van der Waals surface area (Å²) in [7, 11) is 1.89. The molecule has 0 aliphatic heterocycles. The van der Waals surface area contributed by atoms with Crippen molar-refractivity contribution in [3.63, 3.8) is 0 Å². The molecule has 0 radical (unpaired) electrons. The lowest BCUT2D eigenvalue weighted by molar-refractivity contribution is -0.143. The minimum atomic E-state index is -0.332. The van der Waals surface area contributed by atoms with Crippen molar-refractivity contribution >= 4 is 18.3 Å². The first-order chi connectivity index (χ1) is 14.9. The predicted octanol–water partition coefficient (Wildman–Crippen LogP) is 5.15. The molecule has 5 heteroatoms. The average molecular weight is 425 g/mol. The summed E-state index contributed by atoms with van der Waals surface area (Å²) in [6.07, 6.45) is 18.4. The summed E-state index contributed by atoms with van der Waals surface area (Å²) >= 11 is 0. The van der Waals surface area contributed by atoms with Gasteiger partial charge in [0.05, 0.1) is 12.0 Å². The molecule has 0 saturated carbocycles. The Morgan fingerprint density at radius 2 is 2.00 bits per heavy atom. The van der Waals surface area contributed by atoms with Gasteiger partial charge in [0.15, 0.2) is 0 Å². The maximum atomic E-state index is 12.5. The second-order valence-electron chi connectivity index (χ2n) is 9.53. The molecule has 5 atom stereocenters. The topological polar surface area (TPSA) is 61.2 Å². The van der Waals surface area contributed by atoms with Crippen LogP contribution < -0.4 is 0 Å². The number of hydrogen-bond donors (Lipinski definition) is 0. The Bertz CT molecular complexity index is 849. The Morgan fingerprint density at radius 3 is 2.68 bits per heavy atom. The van der Waals surface area contributed by atoms with E-state index >= 15 is 0 Å². The Morgan fingerprint density at radius 1 is 1.23 bits per heavy atom. The van der Waals surface area contributed by atoms with Gasteiger partial charge in [-0.15, -0.1) is 0 Å². The molecule has 168 valence electrons. The third kappa shape index (κ3) is 6.28. The molecule has 1 aromatic heterocycles. The molecule has 2 aliphatic carbocycles. The molecule has 0 saturated heterocycles. The molecule has 5 nitrogen and oxygen atoms in total. The smallest absolute Gasteiger partial charge is 0.331 e.